The Morgan fingerprint density at radius 1 is 1.19 bits per heavy atom. The minimum absolute atomic E-state index is 0.00369. The molecule has 0 radical (unpaired) electrons. The molecule has 0 aliphatic heterocycles. The topological polar surface area (TPSA) is 65.5 Å². The van der Waals surface area contributed by atoms with Gasteiger partial charge in [0.15, 0.2) is 5.96 Å². The molecule has 0 heterocycles. The van der Waals surface area contributed by atoms with Crippen molar-refractivity contribution in [2.24, 2.45) is 10.4 Å². The normalized spacial score (nSPS) is 12.0. The minimum atomic E-state index is -0.490. The van der Waals surface area contributed by atoms with Crippen LogP contribution in [0.1, 0.15) is 25.0 Å². The molecule has 3 N–H and O–H groups in total. The van der Waals surface area contributed by atoms with Crippen LogP contribution in [-0.2, 0) is 11.3 Å². The molecule has 0 saturated carbocycles. The molecule has 0 atom stereocenters. The predicted octanol–water partition coefficient (Wildman–Crippen LogP) is 1.43. The molecule has 0 aliphatic rings. The van der Waals surface area contributed by atoms with E-state index in [2.05, 4.69) is 52.1 Å². The van der Waals surface area contributed by atoms with Gasteiger partial charge in [0, 0.05) is 27.2 Å². The van der Waals surface area contributed by atoms with Crippen molar-refractivity contribution >= 4 is 11.9 Å². The van der Waals surface area contributed by atoms with E-state index in [1.54, 1.807) is 14.1 Å². The van der Waals surface area contributed by atoms with Crippen LogP contribution in [0.5, 0.6) is 0 Å². The average molecular weight is 290 g/mol. The molecule has 1 aromatic carbocycles. The number of aliphatic imine (C=N–C) groups is 1. The van der Waals surface area contributed by atoms with E-state index in [4.69, 9.17) is 0 Å². The highest BCUT2D eigenvalue weighted by molar-refractivity contribution is 5.84. The van der Waals surface area contributed by atoms with E-state index in [9.17, 15) is 4.79 Å². The Bertz CT molecular complexity index is 492. The van der Waals surface area contributed by atoms with Crippen molar-refractivity contribution in [3.63, 3.8) is 0 Å². The number of hydrogen-bond acceptors (Lipinski definition) is 2. The van der Waals surface area contributed by atoms with Gasteiger partial charge < -0.3 is 16.0 Å². The van der Waals surface area contributed by atoms with Gasteiger partial charge in [-0.1, -0.05) is 29.8 Å². The van der Waals surface area contributed by atoms with Crippen molar-refractivity contribution < 1.29 is 4.79 Å². The van der Waals surface area contributed by atoms with Gasteiger partial charge in [-0.25, -0.2) is 0 Å². The fourth-order valence-corrected chi connectivity index (χ4v) is 1.84. The van der Waals surface area contributed by atoms with Crippen molar-refractivity contribution in [1.82, 2.24) is 16.0 Å². The highest BCUT2D eigenvalue weighted by Gasteiger charge is 2.26. The summed E-state index contributed by atoms with van der Waals surface area (Å²) in [5, 5.41) is 9.10. The summed E-state index contributed by atoms with van der Waals surface area (Å²) in [6, 6.07) is 8.35. The Kier molecular flexibility index (Phi) is 6.21. The number of aryl methyl sites for hydroxylation is 1. The first-order valence-electron chi connectivity index (χ1n) is 7.11. The van der Waals surface area contributed by atoms with Gasteiger partial charge >= 0.3 is 0 Å². The Hall–Kier alpha value is -2.04. The second-order valence-corrected chi connectivity index (χ2v) is 5.73. The SMILES string of the molecule is CN=C(NCc1ccc(C)cc1)NCC(C)(C)C(=O)NC. The average Bonchev–Trinajstić information content (AvgIpc) is 2.48. The van der Waals surface area contributed by atoms with Gasteiger partial charge in [0.2, 0.25) is 5.91 Å². The summed E-state index contributed by atoms with van der Waals surface area (Å²) in [4.78, 5) is 15.9. The fraction of sp³-hybridized carbons (Fsp3) is 0.500. The second kappa shape index (κ2) is 7.67. The zero-order valence-corrected chi connectivity index (χ0v) is 13.6. The Labute approximate surface area is 127 Å². The lowest BCUT2D eigenvalue weighted by molar-refractivity contribution is -0.128. The molecule has 0 saturated heterocycles. The molecule has 5 nitrogen and oxygen atoms in total. The molecule has 0 aromatic heterocycles. The monoisotopic (exact) mass is 290 g/mol. The Balaban J connectivity index is 2.49. The molecule has 0 unspecified atom stereocenters. The summed E-state index contributed by atoms with van der Waals surface area (Å²) < 4.78 is 0. The third kappa shape index (κ3) is 5.45. The van der Waals surface area contributed by atoms with Gasteiger partial charge in [-0.15, -0.1) is 0 Å². The van der Waals surface area contributed by atoms with Crippen molar-refractivity contribution in [3.05, 3.63) is 35.4 Å². The maximum atomic E-state index is 11.7. The van der Waals surface area contributed by atoms with Gasteiger partial charge in [-0.05, 0) is 26.3 Å². The standard InChI is InChI=1S/C16H26N4O/c1-12-6-8-13(9-7-12)10-19-15(18-5)20-11-16(2,3)14(21)17-4/h6-9H,10-11H2,1-5H3,(H,17,21)(H2,18,19,20). The Morgan fingerprint density at radius 2 is 1.81 bits per heavy atom. The number of amides is 1. The van der Waals surface area contributed by atoms with E-state index in [1.165, 1.54) is 11.1 Å². The van der Waals surface area contributed by atoms with Crippen LogP contribution >= 0.6 is 0 Å². The summed E-state index contributed by atoms with van der Waals surface area (Å²) >= 11 is 0. The summed E-state index contributed by atoms with van der Waals surface area (Å²) in [6.45, 7) is 7.07. The molecule has 21 heavy (non-hydrogen) atoms. The molecule has 1 amide bonds. The first-order chi connectivity index (χ1) is 9.89. The van der Waals surface area contributed by atoms with E-state index in [1.807, 2.05) is 13.8 Å². The summed E-state index contributed by atoms with van der Waals surface area (Å²) in [7, 11) is 3.37. The maximum Gasteiger partial charge on any atom is 0.227 e. The largest absolute Gasteiger partial charge is 0.359 e. The molecular formula is C16H26N4O. The number of carbonyl (C=O) groups excluding carboxylic acids is 1. The number of nitrogens with zero attached hydrogens (tertiary/aromatic N) is 1. The summed E-state index contributed by atoms with van der Waals surface area (Å²) in [6.07, 6.45) is 0. The number of hydrogen-bond donors (Lipinski definition) is 3. The van der Waals surface area contributed by atoms with Gasteiger partial charge in [0.05, 0.1) is 5.41 Å². The second-order valence-electron chi connectivity index (χ2n) is 5.73. The fourth-order valence-electron chi connectivity index (χ4n) is 1.84. The van der Waals surface area contributed by atoms with E-state index >= 15 is 0 Å². The van der Waals surface area contributed by atoms with Crippen molar-refractivity contribution in [2.45, 2.75) is 27.3 Å². The Morgan fingerprint density at radius 3 is 2.33 bits per heavy atom. The van der Waals surface area contributed by atoms with Gasteiger partial charge in [-0.2, -0.15) is 0 Å². The van der Waals surface area contributed by atoms with Gasteiger partial charge in [-0.3, -0.25) is 9.79 Å². The first-order valence-corrected chi connectivity index (χ1v) is 7.11. The van der Waals surface area contributed by atoms with Crippen LogP contribution in [0.4, 0.5) is 0 Å². The zero-order valence-electron chi connectivity index (χ0n) is 13.6. The van der Waals surface area contributed by atoms with Crippen LogP contribution in [0, 0.1) is 12.3 Å². The smallest absolute Gasteiger partial charge is 0.227 e. The molecule has 0 spiro atoms. The molecular weight excluding hydrogens is 264 g/mol. The van der Waals surface area contributed by atoms with Crippen LogP contribution in [0.2, 0.25) is 0 Å². The van der Waals surface area contributed by atoms with Gasteiger partial charge in [0.25, 0.3) is 0 Å². The quantitative estimate of drug-likeness (QED) is 0.568. The van der Waals surface area contributed by atoms with E-state index in [0.717, 1.165) is 0 Å². The van der Waals surface area contributed by atoms with Crippen molar-refractivity contribution in [3.8, 4) is 0 Å². The first kappa shape index (κ1) is 17.0. The third-order valence-corrected chi connectivity index (χ3v) is 3.34. The lowest BCUT2D eigenvalue weighted by Crippen LogP contribution is -2.47. The summed E-state index contributed by atoms with van der Waals surface area (Å²) in [5.41, 5.74) is 1.94. The third-order valence-electron chi connectivity index (χ3n) is 3.34. The highest BCUT2D eigenvalue weighted by atomic mass is 16.2. The van der Waals surface area contributed by atoms with E-state index < -0.39 is 5.41 Å². The molecule has 1 aromatic rings. The lowest BCUT2D eigenvalue weighted by Gasteiger charge is -2.24. The number of benzene rings is 1. The maximum absolute atomic E-state index is 11.7. The molecule has 1 rings (SSSR count). The van der Waals surface area contributed by atoms with E-state index in [0.29, 0.717) is 19.0 Å². The van der Waals surface area contributed by atoms with Crippen molar-refractivity contribution in [1.29, 1.82) is 0 Å². The van der Waals surface area contributed by atoms with Crippen LogP contribution < -0.4 is 16.0 Å². The van der Waals surface area contributed by atoms with Crippen LogP contribution in [-0.4, -0.2) is 32.5 Å². The number of carbonyl (C=O) groups is 1. The predicted molar refractivity (Wildman–Crippen MR) is 87.2 cm³/mol. The molecule has 0 bridgehead atoms. The molecule has 5 heteroatoms. The molecule has 0 aliphatic carbocycles. The minimum Gasteiger partial charge on any atom is -0.359 e. The molecule has 116 valence electrons. The number of guanidine groups is 1. The highest BCUT2D eigenvalue weighted by Crippen LogP contribution is 2.12. The molecule has 0 fully saturated rings. The van der Waals surface area contributed by atoms with Crippen LogP contribution in [0.25, 0.3) is 0 Å². The van der Waals surface area contributed by atoms with Gasteiger partial charge in [0.1, 0.15) is 0 Å². The summed E-state index contributed by atoms with van der Waals surface area (Å²) in [5.74, 6) is 0.691. The lowest BCUT2D eigenvalue weighted by atomic mass is 9.92. The zero-order chi connectivity index (χ0) is 15.9. The van der Waals surface area contributed by atoms with Crippen molar-refractivity contribution in [2.75, 3.05) is 20.6 Å². The number of nitrogens with one attached hydrogen (secondary N) is 3. The number of rotatable bonds is 5. The van der Waals surface area contributed by atoms with Crippen LogP contribution in [0.3, 0.4) is 0 Å². The van der Waals surface area contributed by atoms with E-state index in [-0.39, 0.29) is 5.91 Å². The van der Waals surface area contributed by atoms with Crippen LogP contribution in [0.15, 0.2) is 29.3 Å².